The number of esters is 1. The average molecular weight is 771 g/mol. The Bertz CT molecular complexity index is 2050. The molecule has 1 aromatic heterocycles. The van der Waals surface area contributed by atoms with Crippen LogP contribution in [0.4, 0.5) is 28.0 Å². The number of alkyl halides is 3. The van der Waals surface area contributed by atoms with Crippen LogP contribution in [0.1, 0.15) is 16.6 Å². The molecule has 7 rings (SSSR count). The van der Waals surface area contributed by atoms with Gasteiger partial charge in [-0.2, -0.15) is 13.2 Å². The first-order chi connectivity index (χ1) is 25.5. The minimum Gasteiger partial charge on any atom is -0.484 e. The number of nitrogens with one attached hydrogen (secondary N) is 1. The largest absolute Gasteiger partial charge is 0.484 e. The number of amides is 2. The predicted molar refractivity (Wildman–Crippen MR) is 189 cm³/mol. The van der Waals surface area contributed by atoms with E-state index in [-0.39, 0.29) is 28.4 Å². The summed E-state index contributed by atoms with van der Waals surface area (Å²) in [5, 5.41) is 5.83. The topological polar surface area (TPSA) is 109 Å². The number of carbonyl (C=O) groups is 2. The summed E-state index contributed by atoms with van der Waals surface area (Å²) in [5.74, 6) is 0.253. The molecule has 2 saturated heterocycles. The molecule has 2 fully saturated rings. The molecule has 276 valence electrons. The zero-order chi connectivity index (χ0) is 37.3. The number of nitrogens with zero attached hydrogens (tertiary/aromatic N) is 5. The van der Waals surface area contributed by atoms with E-state index in [0.29, 0.717) is 72.0 Å². The van der Waals surface area contributed by atoms with Crippen molar-refractivity contribution in [2.75, 3.05) is 51.3 Å². The van der Waals surface area contributed by atoms with E-state index in [4.69, 9.17) is 30.8 Å². The van der Waals surface area contributed by atoms with Crippen molar-refractivity contribution in [2.24, 2.45) is 4.99 Å². The molecule has 0 aliphatic carbocycles. The summed E-state index contributed by atoms with van der Waals surface area (Å²) in [5.41, 5.74) is 1.89. The maximum Gasteiger partial charge on any atom is 0.422 e. The van der Waals surface area contributed by atoms with Crippen LogP contribution in [0, 0.1) is 5.82 Å². The molecule has 1 unspecified atom stereocenters. The molecule has 3 aliphatic heterocycles. The number of benzene rings is 3. The molecule has 11 nitrogen and oxygen atoms in total. The Morgan fingerprint density at radius 3 is 2.40 bits per heavy atom. The van der Waals surface area contributed by atoms with Gasteiger partial charge >= 0.3 is 18.2 Å². The fraction of sp³-hybridized carbons (Fsp3) is 0.278. The summed E-state index contributed by atoms with van der Waals surface area (Å²) in [6.45, 7) is 0.816. The smallest absolute Gasteiger partial charge is 0.422 e. The van der Waals surface area contributed by atoms with Gasteiger partial charge in [0.15, 0.2) is 17.5 Å². The van der Waals surface area contributed by atoms with Crippen LogP contribution in [-0.2, 0) is 9.53 Å². The van der Waals surface area contributed by atoms with E-state index >= 15 is 0 Å². The fourth-order valence-corrected chi connectivity index (χ4v) is 7.28. The van der Waals surface area contributed by atoms with Crippen LogP contribution in [0.2, 0.25) is 5.02 Å². The minimum absolute atomic E-state index is 0.0663. The highest BCUT2D eigenvalue weighted by Gasteiger charge is 2.42. The van der Waals surface area contributed by atoms with Gasteiger partial charge in [0.1, 0.15) is 29.1 Å². The van der Waals surface area contributed by atoms with Crippen molar-refractivity contribution in [3.8, 4) is 17.2 Å². The van der Waals surface area contributed by atoms with Gasteiger partial charge in [0.2, 0.25) is 0 Å². The normalized spacial score (nSPS) is 19.1. The van der Waals surface area contributed by atoms with Crippen molar-refractivity contribution < 1.29 is 41.4 Å². The van der Waals surface area contributed by atoms with Gasteiger partial charge in [-0.25, -0.2) is 19.0 Å². The van der Waals surface area contributed by atoms with Crippen LogP contribution in [0.25, 0.3) is 0 Å². The maximum absolute atomic E-state index is 14.0. The Morgan fingerprint density at radius 1 is 1.02 bits per heavy atom. The van der Waals surface area contributed by atoms with E-state index in [2.05, 4.69) is 15.2 Å². The molecule has 0 radical (unpaired) electrons. The number of aliphatic imine (C=N–C) groups is 1. The number of fused-ring (bicyclic) bond motifs is 1. The van der Waals surface area contributed by atoms with E-state index in [1.54, 1.807) is 35.4 Å². The quantitative estimate of drug-likeness (QED) is 0.139. The first kappa shape index (κ1) is 36.2. The second-order valence-corrected chi connectivity index (χ2v) is 13.6. The predicted octanol–water partition coefficient (Wildman–Crippen LogP) is 6.81. The van der Waals surface area contributed by atoms with Crippen LogP contribution < -0.4 is 19.7 Å². The van der Waals surface area contributed by atoms with Crippen molar-refractivity contribution in [1.82, 2.24) is 20.1 Å². The van der Waals surface area contributed by atoms with Gasteiger partial charge in [0.05, 0.1) is 18.7 Å². The highest BCUT2D eigenvalue weighted by Crippen LogP contribution is 2.37. The number of rotatable bonds is 10. The number of ether oxygens (including phenoxy) is 3. The van der Waals surface area contributed by atoms with Crippen molar-refractivity contribution in [3.05, 3.63) is 111 Å². The summed E-state index contributed by atoms with van der Waals surface area (Å²) in [6.07, 6.45) is -2.79. The molecular weight excluding hydrogens is 740 g/mol. The van der Waals surface area contributed by atoms with Gasteiger partial charge < -0.3 is 24.4 Å². The van der Waals surface area contributed by atoms with E-state index < -0.39 is 30.6 Å². The molecule has 0 spiro atoms. The number of aromatic nitrogens is 1. The summed E-state index contributed by atoms with van der Waals surface area (Å²) in [6, 6.07) is 15.5. The Morgan fingerprint density at radius 2 is 1.74 bits per heavy atom. The molecule has 0 bridgehead atoms. The zero-order valence-corrected chi connectivity index (χ0v) is 29.6. The number of amidine groups is 1. The maximum atomic E-state index is 14.0. The Hall–Kier alpha value is -5.19. The highest BCUT2D eigenvalue weighted by atomic mass is 35.5. The van der Waals surface area contributed by atoms with Gasteiger partial charge in [-0.15, -0.1) is 11.3 Å². The number of hydrogen-bond donors (Lipinski definition) is 1. The minimum atomic E-state index is -4.43. The second kappa shape index (κ2) is 15.0. The Kier molecular flexibility index (Phi) is 10.3. The lowest BCUT2D eigenvalue weighted by molar-refractivity contribution is -0.153. The van der Waals surface area contributed by atoms with E-state index in [1.807, 2.05) is 10.3 Å². The number of hydrogen-bond acceptors (Lipinski definition) is 10. The van der Waals surface area contributed by atoms with E-state index in [0.717, 1.165) is 0 Å². The molecule has 17 heteroatoms. The van der Waals surface area contributed by atoms with E-state index in [9.17, 15) is 27.2 Å². The molecule has 4 heterocycles. The van der Waals surface area contributed by atoms with E-state index in [1.165, 1.54) is 60.9 Å². The molecule has 1 N–H and O–H groups in total. The average Bonchev–Trinajstić information content (AvgIpc) is 3.79. The summed E-state index contributed by atoms with van der Waals surface area (Å²) >= 11 is 7.86. The summed E-state index contributed by atoms with van der Waals surface area (Å²) in [4.78, 5) is 41.8. The molecule has 3 aliphatic rings. The van der Waals surface area contributed by atoms with Gasteiger partial charge in [-0.3, -0.25) is 14.8 Å². The molecule has 53 heavy (non-hydrogen) atoms. The molecular formula is C36H31ClF4N6O5S. The standard InChI is InChI=1S/C36H31ClF4N6O5S/c1-50-34(48)30-29(43-32(33-42-12-15-53-33)44-31(30)27-11-2-21(38)16-28(27)37)19-45-13-14-46-23(17-45)18-47(35(46)49)22-3-5-25(6-4-22)52-26-9-7-24(8-10-26)51-20-36(39,40)41/h2-12,15-16,23,31H,13-14,17-20H2,1H3,(H,43,44)/t23-,31?/m0/s1. The zero-order valence-electron chi connectivity index (χ0n) is 28.0. The first-order valence-corrected chi connectivity index (χ1v) is 17.6. The number of halogens is 5. The third kappa shape index (κ3) is 8.09. The lowest BCUT2D eigenvalue weighted by Gasteiger charge is -2.38. The number of thiazole rings is 1. The Labute approximate surface area is 310 Å². The van der Waals surface area contributed by atoms with Gasteiger partial charge in [0.25, 0.3) is 0 Å². The lowest BCUT2D eigenvalue weighted by Crippen LogP contribution is -2.53. The number of urea groups is 1. The van der Waals surface area contributed by atoms with Crippen LogP contribution in [0.5, 0.6) is 17.2 Å². The monoisotopic (exact) mass is 770 g/mol. The molecule has 4 aromatic rings. The second-order valence-electron chi connectivity index (χ2n) is 12.3. The summed E-state index contributed by atoms with van der Waals surface area (Å²) in [7, 11) is 1.28. The van der Waals surface area contributed by atoms with Crippen molar-refractivity contribution in [1.29, 1.82) is 0 Å². The number of piperazine rings is 1. The van der Waals surface area contributed by atoms with Crippen LogP contribution in [0.15, 0.2) is 94.6 Å². The number of carbonyl (C=O) groups excluding carboxylic acids is 2. The van der Waals surface area contributed by atoms with Crippen LogP contribution in [-0.4, -0.2) is 91.3 Å². The summed E-state index contributed by atoms with van der Waals surface area (Å²) < 4.78 is 67.1. The molecule has 2 amide bonds. The molecule has 0 saturated carbocycles. The van der Waals surface area contributed by atoms with Gasteiger partial charge in [0, 0.05) is 66.3 Å². The number of anilines is 1. The fourth-order valence-electron chi connectivity index (χ4n) is 6.42. The van der Waals surface area contributed by atoms with Crippen molar-refractivity contribution in [3.63, 3.8) is 0 Å². The van der Waals surface area contributed by atoms with Crippen molar-refractivity contribution >= 4 is 46.5 Å². The van der Waals surface area contributed by atoms with Gasteiger partial charge in [-0.1, -0.05) is 17.7 Å². The van der Waals surface area contributed by atoms with Crippen molar-refractivity contribution in [2.45, 2.75) is 18.3 Å². The third-order valence-corrected chi connectivity index (χ3v) is 9.96. The Balaban J connectivity index is 1.05. The first-order valence-electron chi connectivity index (χ1n) is 16.3. The van der Waals surface area contributed by atoms with Crippen LogP contribution >= 0.6 is 22.9 Å². The SMILES string of the molecule is COC(=O)C1=C(CN2CCN3C(=O)N(c4ccc(Oc5ccc(OCC(F)(F)F)cc5)cc4)C[C@@H]3C2)NC(c2nccs2)=NC1c1ccc(F)cc1Cl. The highest BCUT2D eigenvalue weighted by molar-refractivity contribution is 7.11. The molecule has 3 aromatic carbocycles. The van der Waals surface area contributed by atoms with Gasteiger partial charge in [-0.05, 0) is 60.7 Å². The van der Waals surface area contributed by atoms with Crippen LogP contribution in [0.3, 0.4) is 0 Å². The third-order valence-electron chi connectivity index (χ3n) is 8.85. The number of methoxy groups -OCH3 is 1. The molecule has 2 atom stereocenters. The lowest BCUT2D eigenvalue weighted by atomic mass is 9.95.